The van der Waals surface area contributed by atoms with Gasteiger partial charge in [0.2, 0.25) is 0 Å². The van der Waals surface area contributed by atoms with Crippen LogP contribution >= 0.6 is 11.6 Å². The highest BCUT2D eigenvalue weighted by Crippen LogP contribution is 2.08. The van der Waals surface area contributed by atoms with Crippen LogP contribution in [0.4, 0.5) is 4.79 Å². The maximum absolute atomic E-state index is 11.8. The van der Waals surface area contributed by atoms with E-state index in [4.69, 9.17) is 21.1 Å². The second-order valence-corrected chi connectivity index (χ2v) is 5.51. The Bertz CT molecular complexity index is 474. The molecule has 1 N–H and O–H groups in total. The molecule has 21 heavy (non-hydrogen) atoms. The first-order valence-electron chi connectivity index (χ1n) is 6.44. The summed E-state index contributed by atoms with van der Waals surface area (Å²) >= 11 is 5.38. The molecular weight excluding hydrogens is 296 g/mol. The minimum absolute atomic E-state index is 0.190. The molecule has 0 aliphatic carbocycles. The van der Waals surface area contributed by atoms with Crippen LogP contribution in [0.1, 0.15) is 26.5 Å². The molecule has 0 saturated heterocycles. The largest absolute Gasteiger partial charge is 0.448 e. The highest BCUT2D eigenvalue weighted by Gasteiger charge is 2.26. The van der Waals surface area contributed by atoms with Crippen molar-refractivity contribution in [3.63, 3.8) is 0 Å². The Balaban J connectivity index is 2.73. The van der Waals surface area contributed by atoms with Gasteiger partial charge >= 0.3 is 12.1 Å². The number of nitrogens with zero attached hydrogens (tertiary/aromatic N) is 1. The van der Waals surface area contributed by atoms with Crippen molar-refractivity contribution < 1.29 is 19.1 Å². The summed E-state index contributed by atoms with van der Waals surface area (Å²) < 4.78 is 9.86. The number of alkyl carbamates (subject to hydrolysis) is 1. The molecule has 0 aliphatic rings. The van der Waals surface area contributed by atoms with Crippen LogP contribution in [-0.2, 0) is 20.7 Å². The summed E-state index contributed by atoms with van der Waals surface area (Å²) in [5.41, 5.74) is -0.0131. The first kappa shape index (κ1) is 17.2. The molecule has 116 valence electrons. The number of rotatable bonds is 5. The van der Waals surface area contributed by atoms with Crippen molar-refractivity contribution in [3.8, 4) is 0 Å². The van der Waals surface area contributed by atoms with E-state index in [0.29, 0.717) is 5.69 Å². The topological polar surface area (TPSA) is 77.5 Å². The predicted molar refractivity (Wildman–Crippen MR) is 77.9 cm³/mol. The molecule has 1 aromatic rings. The molecule has 7 heteroatoms. The van der Waals surface area contributed by atoms with Gasteiger partial charge in [0.05, 0.1) is 0 Å². The fraction of sp³-hybridized carbons (Fsp3) is 0.500. The normalized spacial score (nSPS) is 12.4. The van der Waals surface area contributed by atoms with E-state index in [1.807, 2.05) is 0 Å². The van der Waals surface area contributed by atoms with Crippen LogP contribution in [-0.4, -0.2) is 34.8 Å². The van der Waals surface area contributed by atoms with Gasteiger partial charge in [-0.3, -0.25) is 4.98 Å². The lowest BCUT2D eigenvalue weighted by atomic mass is 10.1. The van der Waals surface area contributed by atoms with Crippen molar-refractivity contribution in [2.75, 3.05) is 6.07 Å². The fourth-order valence-corrected chi connectivity index (χ4v) is 1.63. The van der Waals surface area contributed by atoms with Gasteiger partial charge in [0, 0.05) is 18.3 Å². The van der Waals surface area contributed by atoms with Gasteiger partial charge in [0.25, 0.3) is 0 Å². The van der Waals surface area contributed by atoms with Gasteiger partial charge in [-0.1, -0.05) is 17.7 Å². The molecule has 1 atom stereocenters. The first-order valence-corrected chi connectivity index (χ1v) is 6.97. The van der Waals surface area contributed by atoms with E-state index in [-0.39, 0.29) is 12.5 Å². The van der Waals surface area contributed by atoms with Crippen LogP contribution in [0.2, 0.25) is 0 Å². The minimum atomic E-state index is -0.909. The number of carbonyl (C=O) groups excluding carboxylic acids is 2. The van der Waals surface area contributed by atoms with E-state index in [1.165, 1.54) is 0 Å². The quantitative estimate of drug-likeness (QED) is 0.666. The summed E-state index contributed by atoms with van der Waals surface area (Å²) in [7, 11) is 0. The molecule has 1 rings (SSSR count). The van der Waals surface area contributed by atoms with E-state index in [0.717, 1.165) is 0 Å². The second kappa shape index (κ2) is 7.83. The standard InChI is InChI=1S/C14H19ClN2O4/c1-14(2,3)21-13(19)17-11(12(18)20-9-15)8-10-6-4-5-7-16-10/h4-7,11H,8-9H2,1-3H3,(H,17,19)/t11-/m0/s1. The SMILES string of the molecule is CC(C)(C)OC(=O)N[C@@H](Cc1ccccn1)C(=O)OCCl. The number of carbonyl (C=O) groups is 2. The van der Waals surface area contributed by atoms with E-state index >= 15 is 0 Å². The average molecular weight is 315 g/mol. The van der Waals surface area contributed by atoms with Crippen LogP contribution in [0, 0.1) is 0 Å². The van der Waals surface area contributed by atoms with Gasteiger partial charge in [0.1, 0.15) is 11.6 Å². The maximum atomic E-state index is 11.8. The summed E-state index contributed by atoms with van der Waals surface area (Å²) in [5.74, 6) is -0.637. The number of alkyl halides is 1. The van der Waals surface area contributed by atoms with Crippen molar-refractivity contribution in [2.24, 2.45) is 0 Å². The van der Waals surface area contributed by atoms with Gasteiger partial charge in [0.15, 0.2) is 6.07 Å². The van der Waals surface area contributed by atoms with Crippen LogP contribution < -0.4 is 5.32 Å². The smallest absolute Gasteiger partial charge is 0.408 e. The number of hydrogen-bond acceptors (Lipinski definition) is 5. The van der Waals surface area contributed by atoms with Crippen molar-refractivity contribution in [2.45, 2.75) is 38.8 Å². The van der Waals surface area contributed by atoms with Gasteiger partial charge in [-0.2, -0.15) is 0 Å². The van der Waals surface area contributed by atoms with Gasteiger partial charge in [-0.15, -0.1) is 0 Å². The summed E-state index contributed by atoms with van der Waals surface area (Å²) in [4.78, 5) is 27.7. The summed E-state index contributed by atoms with van der Waals surface area (Å²) in [6, 6.07) is 4.11. The van der Waals surface area contributed by atoms with Crippen molar-refractivity contribution >= 4 is 23.7 Å². The number of nitrogens with one attached hydrogen (secondary N) is 1. The van der Waals surface area contributed by atoms with E-state index in [9.17, 15) is 9.59 Å². The van der Waals surface area contributed by atoms with Crippen LogP contribution in [0.25, 0.3) is 0 Å². The summed E-state index contributed by atoms with van der Waals surface area (Å²) in [5, 5.41) is 2.47. The first-order chi connectivity index (χ1) is 9.81. The number of aromatic nitrogens is 1. The molecule has 1 heterocycles. The van der Waals surface area contributed by atoms with Gasteiger partial charge < -0.3 is 14.8 Å². The van der Waals surface area contributed by atoms with E-state index < -0.39 is 23.7 Å². The number of pyridine rings is 1. The van der Waals surface area contributed by atoms with Gasteiger partial charge in [-0.05, 0) is 32.9 Å². The second-order valence-electron chi connectivity index (χ2n) is 5.30. The minimum Gasteiger partial charge on any atom is -0.448 e. The van der Waals surface area contributed by atoms with Crippen LogP contribution in [0.5, 0.6) is 0 Å². The van der Waals surface area contributed by atoms with Crippen LogP contribution in [0.15, 0.2) is 24.4 Å². The van der Waals surface area contributed by atoms with Crippen molar-refractivity contribution in [3.05, 3.63) is 30.1 Å². The Kier molecular flexibility index (Phi) is 6.42. The average Bonchev–Trinajstić information content (AvgIpc) is 2.37. The molecule has 0 radical (unpaired) electrons. The molecule has 0 aromatic carbocycles. The molecule has 0 fully saturated rings. The molecule has 0 saturated carbocycles. The van der Waals surface area contributed by atoms with E-state index in [1.54, 1.807) is 45.2 Å². The Labute approximate surface area is 128 Å². The number of ether oxygens (including phenoxy) is 2. The Morgan fingerprint density at radius 3 is 2.62 bits per heavy atom. The lowest BCUT2D eigenvalue weighted by molar-refractivity contribution is -0.144. The molecule has 0 unspecified atom stereocenters. The predicted octanol–water partition coefficient (Wildman–Crippen LogP) is 2.26. The van der Waals surface area contributed by atoms with E-state index in [2.05, 4.69) is 10.3 Å². The molecule has 0 spiro atoms. The zero-order valence-electron chi connectivity index (χ0n) is 12.3. The number of esters is 1. The zero-order valence-corrected chi connectivity index (χ0v) is 13.0. The number of amides is 1. The van der Waals surface area contributed by atoms with Gasteiger partial charge in [-0.25, -0.2) is 9.59 Å². The molecule has 1 aromatic heterocycles. The molecule has 1 amide bonds. The molecular formula is C14H19ClN2O4. The fourth-order valence-electron chi connectivity index (χ4n) is 1.53. The Hall–Kier alpha value is -1.82. The monoisotopic (exact) mass is 314 g/mol. The van der Waals surface area contributed by atoms with Crippen LogP contribution in [0.3, 0.4) is 0 Å². The third-order valence-electron chi connectivity index (χ3n) is 2.31. The number of halogens is 1. The lowest BCUT2D eigenvalue weighted by Crippen LogP contribution is -2.45. The third kappa shape index (κ3) is 6.94. The third-order valence-corrected chi connectivity index (χ3v) is 2.42. The Morgan fingerprint density at radius 1 is 1.38 bits per heavy atom. The lowest BCUT2D eigenvalue weighted by Gasteiger charge is -2.22. The maximum Gasteiger partial charge on any atom is 0.408 e. The summed E-state index contributed by atoms with van der Waals surface area (Å²) in [6.07, 6.45) is 1.10. The highest BCUT2D eigenvalue weighted by molar-refractivity contribution is 6.17. The molecule has 0 aliphatic heterocycles. The molecule has 0 bridgehead atoms. The van der Waals surface area contributed by atoms with Crippen molar-refractivity contribution in [1.82, 2.24) is 10.3 Å². The molecule has 6 nitrogen and oxygen atoms in total. The van der Waals surface area contributed by atoms with Crippen molar-refractivity contribution in [1.29, 1.82) is 0 Å². The number of hydrogen-bond donors (Lipinski definition) is 1. The Morgan fingerprint density at radius 2 is 2.10 bits per heavy atom. The summed E-state index contributed by atoms with van der Waals surface area (Å²) in [6.45, 7) is 5.20. The highest BCUT2D eigenvalue weighted by atomic mass is 35.5. The zero-order chi connectivity index (χ0) is 15.9.